The van der Waals surface area contributed by atoms with E-state index in [9.17, 15) is 4.79 Å². The average Bonchev–Trinajstić information content (AvgIpc) is 3.33. The van der Waals surface area contributed by atoms with E-state index in [1.54, 1.807) is 0 Å². The highest BCUT2D eigenvalue weighted by Crippen LogP contribution is 2.24. The highest BCUT2D eigenvalue weighted by atomic mass is 16.4. The van der Waals surface area contributed by atoms with Gasteiger partial charge >= 0.3 is 0 Å². The number of nitrogens with one attached hydrogen (secondary N) is 1. The summed E-state index contributed by atoms with van der Waals surface area (Å²) in [6.45, 7) is 3.80. The number of aryl methyl sites for hydroxylation is 2. The second-order valence-corrected chi connectivity index (χ2v) is 6.72. The zero-order valence-corrected chi connectivity index (χ0v) is 15.8. The highest BCUT2D eigenvalue weighted by Gasteiger charge is 2.10. The Balaban J connectivity index is 1.43. The normalized spacial score (nSPS) is 10.8. The average molecular weight is 371 g/mol. The lowest BCUT2D eigenvalue weighted by molar-refractivity contribution is -0.115. The van der Waals surface area contributed by atoms with Crippen LogP contribution in [0.25, 0.3) is 17.1 Å². The number of anilines is 1. The highest BCUT2D eigenvalue weighted by molar-refractivity contribution is 5.92. The van der Waals surface area contributed by atoms with Gasteiger partial charge in [-0.1, -0.05) is 18.2 Å². The van der Waals surface area contributed by atoms with Crippen molar-refractivity contribution in [2.24, 2.45) is 0 Å². The van der Waals surface area contributed by atoms with Crippen molar-refractivity contribution in [3.05, 3.63) is 90.1 Å². The van der Waals surface area contributed by atoms with Crippen molar-refractivity contribution < 1.29 is 9.21 Å². The Morgan fingerprint density at radius 2 is 1.79 bits per heavy atom. The summed E-state index contributed by atoms with van der Waals surface area (Å²) in [6.07, 6.45) is 4.30. The number of hydrogen-bond acceptors (Lipinski definition) is 3. The summed E-state index contributed by atoms with van der Waals surface area (Å²) < 4.78 is 7.70. The molecule has 0 spiro atoms. The van der Waals surface area contributed by atoms with Crippen LogP contribution in [0.2, 0.25) is 0 Å². The van der Waals surface area contributed by atoms with Crippen molar-refractivity contribution >= 4 is 11.6 Å². The summed E-state index contributed by atoms with van der Waals surface area (Å²) in [6, 6.07) is 19.5. The van der Waals surface area contributed by atoms with Gasteiger partial charge in [0, 0.05) is 29.3 Å². The van der Waals surface area contributed by atoms with Gasteiger partial charge in [0.05, 0.1) is 12.1 Å². The van der Waals surface area contributed by atoms with Gasteiger partial charge in [0.1, 0.15) is 5.76 Å². The zero-order valence-electron chi connectivity index (χ0n) is 15.8. The van der Waals surface area contributed by atoms with Crippen LogP contribution in [0.5, 0.6) is 0 Å². The third-order valence-electron chi connectivity index (χ3n) is 4.63. The lowest BCUT2D eigenvalue weighted by atomic mass is 10.1. The van der Waals surface area contributed by atoms with E-state index in [0.29, 0.717) is 12.3 Å². The maximum Gasteiger partial charge on any atom is 0.228 e. The minimum Gasteiger partial charge on any atom is -0.441 e. The molecule has 140 valence electrons. The lowest BCUT2D eigenvalue weighted by Gasteiger charge is -2.08. The molecule has 2 aromatic carbocycles. The molecule has 0 aliphatic heterocycles. The van der Waals surface area contributed by atoms with E-state index in [0.717, 1.165) is 34.0 Å². The second-order valence-electron chi connectivity index (χ2n) is 6.72. The van der Waals surface area contributed by atoms with Crippen LogP contribution in [-0.4, -0.2) is 15.5 Å². The Morgan fingerprint density at radius 3 is 2.46 bits per heavy atom. The molecular weight excluding hydrogens is 350 g/mol. The van der Waals surface area contributed by atoms with Crippen LogP contribution in [0.1, 0.15) is 17.0 Å². The van der Waals surface area contributed by atoms with Crippen LogP contribution in [0, 0.1) is 13.8 Å². The van der Waals surface area contributed by atoms with Crippen LogP contribution in [0.4, 0.5) is 5.69 Å². The van der Waals surface area contributed by atoms with E-state index in [2.05, 4.69) is 10.3 Å². The molecule has 5 heteroatoms. The molecule has 0 atom stereocenters. The van der Waals surface area contributed by atoms with Crippen molar-refractivity contribution in [3.63, 3.8) is 0 Å². The largest absolute Gasteiger partial charge is 0.441 e. The Kier molecular flexibility index (Phi) is 4.81. The van der Waals surface area contributed by atoms with Crippen molar-refractivity contribution in [2.75, 3.05) is 5.32 Å². The molecule has 1 N–H and O–H groups in total. The van der Waals surface area contributed by atoms with E-state index in [-0.39, 0.29) is 5.91 Å². The maximum atomic E-state index is 12.4. The first-order valence-electron chi connectivity index (χ1n) is 9.15. The standard InChI is InChI=1S/C23H21N3O2/c1-16-17(2)28-23(24-16)19-6-5-7-20(15-19)25-22(27)14-18-8-10-21(11-9-18)26-12-3-4-13-26/h3-13,15H,14H2,1-2H3,(H,25,27). The fraction of sp³-hybridized carbons (Fsp3) is 0.130. The van der Waals surface area contributed by atoms with Gasteiger partial charge < -0.3 is 14.3 Å². The molecule has 0 radical (unpaired) electrons. The molecule has 5 nitrogen and oxygen atoms in total. The monoisotopic (exact) mass is 371 g/mol. The van der Waals surface area contributed by atoms with Gasteiger partial charge in [0.15, 0.2) is 0 Å². The molecule has 4 rings (SSSR count). The van der Waals surface area contributed by atoms with Crippen LogP contribution < -0.4 is 5.32 Å². The molecule has 0 saturated heterocycles. The van der Waals surface area contributed by atoms with Crippen LogP contribution in [0.15, 0.2) is 77.5 Å². The minimum absolute atomic E-state index is 0.0642. The van der Waals surface area contributed by atoms with Gasteiger partial charge in [-0.3, -0.25) is 4.79 Å². The quantitative estimate of drug-likeness (QED) is 0.541. The molecule has 0 aliphatic rings. The third-order valence-corrected chi connectivity index (χ3v) is 4.63. The Morgan fingerprint density at radius 1 is 1.04 bits per heavy atom. The number of carbonyl (C=O) groups is 1. The van der Waals surface area contributed by atoms with E-state index >= 15 is 0 Å². The summed E-state index contributed by atoms with van der Waals surface area (Å²) >= 11 is 0. The summed E-state index contributed by atoms with van der Waals surface area (Å²) in [5.74, 6) is 1.30. The Hall–Kier alpha value is -3.60. The fourth-order valence-corrected chi connectivity index (χ4v) is 3.01. The maximum absolute atomic E-state index is 12.4. The van der Waals surface area contributed by atoms with Gasteiger partial charge in [0.25, 0.3) is 0 Å². The topological polar surface area (TPSA) is 60.1 Å². The smallest absolute Gasteiger partial charge is 0.228 e. The summed E-state index contributed by atoms with van der Waals surface area (Å²) in [5, 5.41) is 2.95. The SMILES string of the molecule is Cc1nc(-c2cccc(NC(=O)Cc3ccc(-n4cccc4)cc3)c2)oc1C. The van der Waals surface area contributed by atoms with Crippen LogP contribution >= 0.6 is 0 Å². The molecule has 2 aromatic heterocycles. The zero-order chi connectivity index (χ0) is 19.5. The summed E-state index contributed by atoms with van der Waals surface area (Å²) in [5.41, 5.74) is 4.46. The van der Waals surface area contributed by atoms with Gasteiger partial charge in [-0.2, -0.15) is 0 Å². The van der Waals surface area contributed by atoms with E-state index < -0.39 is 0 Å². The van der Waals surface area contributed by atoms with Gasteiger partial charge in [-0.05, 0) is 61.9 Å². The number of oxazole rings is 1. The molecule has 4 aromatic rings. The molecule has 0 bridgehead atoms. The fourth-order valence-electron chi connectivity index (χ4n) is 3.01. The lowest BCUT2D eigenvalue weighted by Crippen LogP contribution is -2.14. The van der Waals surface area contributed by atoms with Gasteiger partial charge in [0.2, 0.25) is 11.8 Å². The third kappa shape index (κ3) is 3.88. The Bertz CT molecular complexity index is 1070. The molecule has 2 heterocycles. The Labute approximate surface area is 163 Å². The van der Waals surface area contributed by atoms with E-state index in [4.69, 9.17) is 4.42 Å². The molecule has 0 fully saturated rings. The van der Waals surface area contributed by atoms with Crippen LogP contribution in [0.3, 0.4) is 0 Å². The summed E-state index contributed by atoms with van der Waals surface area (Å²) in [4.78, 5) is 16.9. The first-order chi connectivity index (χ1) is 13.6. The molecule has 0 unspecified atom stereocenters. The van der Waals surface area contributed by atoms with Crippen molar-refractivity contribution in [3.8, 4) is 17.1 Å². The van der Waals surface area contributed by atoms with Gasteiger partial charge in [-0.15, -0.1) is 0 Å². The molecule has 28 heavy (non-hydrogen) atoms. The van der Waals surface area contributed by atoms with E-state index in [1.165, 1.54) is 0 Å². The number of rotatable bonds is 5. The van der Waals surface area contributed by atoms with Crippen molar-refractivity contribution in [1.29, 1.82) is 0 Å². The number of carbonyl (C=O) groups excluding carboxylic acids is 1. The first kappa shape index (κ1) is 17.8. The van der Waals surface area contributed by atoms with Gasteiger partial charge in [-0.25, -0.2) is 4.98 Å². The van der Waals surface area contributed by atoms with Crippen LogP contribution in [-0.2, 0) is 11.2 Å². The summed E-state index contributed by atoms with van der Waals surface area (Å²) in [7, 11) is 0. The molecule has 0 aliphatic carbocycles. The molecular formula is C23H21N3O2. The number of nitrogens with zero attached hydrogens (tertiary/aromatic N) is 2. The minimum atomic E-state index is -0.0642. The number of benzene rings is 2. The first-order valence-corrected chi connectivity index (χ1v) is 9.15. The predicted molar refractivity (Wildman–Crippen MR) is 110 cm³/mol. The predicted octanol–water partition coefficient (Wildman–Crippen LogP) is 4.93. The number of aromatic nitrogens is 2. The van der Waals surface area contributed by atoms with Crippen molar-refractivity contribution in [2.45, 2.75) is 20.3 Å². The second kappa shape index (κ2) is 7.56. The van der Waals surface area contributed by atoms with Crippen molar-refractivity contribution in [1.82, 2.24) is 9.55 Å². The number of amides is 1. The number of hydrogen-bond donors (Lipinski definition) is 1. The van der Waals surface area contributed by atoms with E-state index in [1.807, 2.05) is 91.5 Å². The molecule has 0 saturated carbocycles. The molecule has 1 amide bonds.